The van der Waals surface area contributed by atoms with Gasteiger partial charge in [0.1, 0.15) is 0 Å². The Morgan fingerprint density at radius 2 is 1.32 bits per heavy atom. The van der Waals surface area contributed by atoms with Crippen LogP contribution in [0.2, 0.25) is 0 Å². The standard InChI is InChI=1S/C18H26O/c1-10-8-7-9-16(10)18(19)17-14(5)12(3)11(2)13(4)15(17)6/h10,16H,7-9H2,1-6H3. The zero-order valence-electron chi connectivity index (χ0n) is 13.2. The molecule has 1 fully saturated rings. The number of carbonyl (C=O) groups is 1. The van der Waals surface area contributed by atoms with Crippen LogP contribution in [0.25, 0.3) is 0 Å². The first kappa shape index (κ1) is 14.3. The molecular weight excluding hydrogens is 232 g/mol. The second-order valence-corrected chi connectivity index (χ2v) is 6.38. The van der Waals surface area contributed by atoms with Crippen molar-refractivity contribution in [2.75, 3.05) is 0 Å². The Morgan fingerprint density at radius 3 is 1.74 bits per heavy atom. The minimum absolute atomic E-state index is 0.249. The molecule has 0 aromatic heterocycles. The smallest absolute Gasteiger partial charge is 0.166 e. The van der Waals surface area contributed by atoms with Gasteiger partial charge in [0.05, 0.1) is 0 Å². The Morgan fingerprint density at radius 1 is 0.842 bits per heavy atom. The van der Waals surface area contributed by atoms with Gasteiger partial charge in [-0.2, -0.15) is 0 Å². The molecule has 0 saturated heterocycles. The first-order valence-corrected chi connectivity index (χ1v) is 7.47. The van der Waals surface area contributed by atoms with Gasteiger partial charge in [-0.3, -0.25) is 4.79 Å². The van der Waals surface area contributed by atoms with E-state index in [1.54, 1.807) is 0 Å². The lowest BCUT2D eigenvalue weighted by Gasteiger charge is -2.21. The maximum atomic E-state index is 12.9. The van der Waals surface area contributed by atoms with E-state index in [1.165, 1.54) is 40.7 Å². The summed E-state index contributed by atoms with van der Waals surface area (Å²) in [4.78, 5) is 12.9. The topological polar surface area (TPSA) is 17.1 Å². The van der Waals surface area contributed by atoms with E-state index in [-0.39, 0.29) is 5.92 Å². The number of hydrogen-bond donors (Lipinski definition) is 0. The van der Waals surface area contributed by atoms with Crippen molar-refractivity contribution in [2.24, 2.45) is 11.8 Å². The van der Waals surface area contributed by atoms with Crippen molar-refractivity contribution in [3.8, 4) is 0 Å². The summed E-state index contributed by atoms with van der Waals surface area (Å²) >= 11 is 0. The molecule has 1 aromatic rings. The lowest BCUT2D eigenvalue weighted by molar-refractivity contribution is 0.0895. The van der Waals surface area contributed by atoms with Crippen LogP contribution < -0.4 is 0 Å². The third-order valence-corrected chi connectivity index (χ3v) is 5.44. The molecule has 104 valence electrons. The number of Topliss-reactive ketones (excluding diaryl/α,β-unsaturated/α-hetero) is 1. The normalized spacial score (nSPS) is 22.8. The van der Waals surface area contributed by atoms with Crippen LogP contribution in [0.5, 0.6) is 0 Å². The van der Waals surface area contributed by atoms with Gasteiger partial charge < -0.3 is 0 Å². The molecule has 1 aromatic carbocycles. The van der Waals surface area contributed by atoms with Crippen molar-refractivity contribution < 1.29 is 4.79 Å². The second-order valence-electron chi connectivity index (χ2n) is 6.38. The van der Waals surface area contributed by atoms with Gasteiger partial charge in [-0.15, -0.1) is 0 Å². The summed E-state index contributed by atoms with van der Waals surface area (Å²) in [5, 5.41) is 0. The van der Waals surface area contributed by atoms with E-state index < -0.39 is 0 Å². The van der Waals surface area contributed by atoms with Gasteiger partial charge in [-0.25, -0.2) is 0 Å². The molecule has 0 aliphatic heterocycles. The zero-order chi connectivity index (χ0) is 14.3. The molecule has 1 aliphatic carbocycles. The molecular formula is C18H26O. The summed E-state index contributed by atoms with van der Waals surface area (Å²) in [6.45, 7) is 12.9. The molecule has 0 radical (unpaired) electrons. The molecule has 2 rings (SSSR count). The van der Waals surface area contributed by atoms with E-state index in [1.807, 2.05) is 0 Å². The average molecular weight is 258 g/mol. The average Bonchev–Trinajstić information content (AvgIpc) is 2.80. The van der Waals surface area contributed by atoms with E-state index in [0.717, 1.165) is 12.0 Å². The summed E-state index contributed by atoms with van der Waals surface area (Å²) in [6, 6.07) is 0. The maximum Gasteiger partial charge on any atom is 0.166 e. The van der Waals surface area contributed by atoms with E-state index in [0.29, 0.717) is 11.7 Å². The number of ketones is 1. The fraction of sp³-hybridized carbons (Fsp3) is 0.611. The van der Waals surface area contributed by atoms with Crippen molar-refractivity contribution in [3.63, 3.8) is 0 Å². The van der Waals surface area contributed by atoms with Crippen LogP contribution in [0, 0.1) is 46.5 Å². The maximum absolute atomic E-state index is 12.9. The predicted molar refractivity (Wildman–Crippen MR) is 81.0 cm³/mol. The molecule has 0 N–H and O–H groups in total. The summed E-state index contributed by atoms with van der Waals surface area (Å²) in [6.07, 6.45) is 3.49. The Hall–Kier alpha value is -1.11. The summed E-state index contributed by atoms with van der Waals surface area (Å²) in [5.41, 5.74) is 7.33. The molecule has 2 atom stereocenters. The van der Waals surface area contributed by atoms with Gasteiger partial charge in [0.15, 0.2) is 5.78 Å². The van der Waals surface area contributed by atoms with Crippen LogP contribution in [0.15, 0.2) is 0 Å². The van der Waals surface area contributed by atoms with Crippen LogP contribution in [0.3, 0.4) is 0 Å². The monoisotopic (exact) mass is 258 g/mol. The van der Waals surface area contributed by atoms with Crippen molar-refractivity contribution in [3.05, 3.63) is 33.4 Å². The van der Waals surface area contributed by atoms with Gasteiger partial charge in [-0.05, 0) is 81.2 Å². The predicted octanol–water partition coefficient (Wildman–Crippen LogP) is 4.85. The highest BCUT2D eigenvalue weighted by Gasteiger charge is 2.32. The van der Waals surface area contributed by atoms with Crippen LogP contribution in [-0.4, -0.2) is 5.78 Å². The molecule has 0 spiro atoms. The minimum atomic E-state index is 0.249. The van der Waals surface area contributed by atoms with Crippen LogP contribution >= 0.6 is 0 Å². The third kappa shape index (κ3) is 2.24. The molecule has 1 heteroatoms. The minimum Gasteiger partial charge on any atom is -0.294 e. The Bertz CT molecular complexity index is 496. The number of hydrogen-bond acceptors (Lipinski definition) is 1. The van der Waals surface area contributed by atoms with E-state index in [2.05, 4.69) is 41.5 Å². The largest absolute Gasteiger partial charge is 0.294 e. The SMILES string of the molecule is Cc1c(C)c(C)c(C(=O)C2CCCC2C)c(C)c1C. The second kappa shape index (κ2) is 5.11. The Kier molecular flexibility index (Phi) is 3.85. The number of benzene rings is 1. The molecule has 2 unspecified atom stereocenters. The van der Waals surface area contributed by atoms with Crippen LogP contribution in [0.1, 0.15) is 64.4 Å². The number of carbonyl (C=O) groups excluding carboxylic acids is 1. The van der Waals surface area contributed by atoms with Gasteiger partial charge in [0.25, 0.3) is 0 Å². The highest BCUT2D eigenvalue weighted by atomic mass is 16.1. The summed E-state index contributed by atoms with van der Waals surface area (Å²) in [7, 11) is 0. The fourth-order valence-electron chi connectivity index (χ4n) is 3.59. The molecule has 1 aliphatic rings. The van der Waals surface area contributed by atoms with Crippen molar-refractivity contribution in [1.82, 2.24) is 0 Å². The first-order chi connectivity index (χ1) is 8.86. The molecule has 0 bridgehead atoms. The molecule has 1 nitrogen and oxygen atoms in total. The molecule has 0 heterocycles. The van der Waals surface area contributed by atoms with Gasteiger partial charge in [-0.1, -0.05) is 13.3 Å². The molecule has 19 heavy (non-hydrogen) atoms. The lowest BCUT2D eigenvalue weighted by atomic mass is 9.82. The molecule has 1 saturated carbocycles. The zero-order valence-corrected chi connectivity index (χ0v) is 13.2. The third-order valence-electron chi connectivity index (χ3n) is 5.44. The van der Waals surface area contributed by atoms with Crippen molar-refractivity contribution in [2.45, 2.75) is 60.8 Å². The molecule has 0 amide bonds. The van der Waals surface area contributed by atoms with E-state index >= 15 is 0 Å². The van der Waals surface area contributed by atoms with Crippen molar-refractivity contribution >= 4 is 5.78 Å². The van der Waals surface area contributed by atoms with Gasteiger partial charge in [0, 0.05) is 11.5 Å². The van der Waals surface area contributed by atoms with Crippen LogP contribution in [0.4, 0.5) is 0 Å². The van der Waals surface area contributed by atoms with E-state index in [4.69, 9.17) is 0 Å². The Labute approximate surface area is 117 Å². The summed E-state index contributed by atoms with van der Waals surface area (Å²) < 4.78 is 0. The first-order valence-electron chi connectivity index (χ1n) is 7.47. The summed E-state index contributed by atoms with van der Waals surface area (Å²) in [5.74, 6) is 1.19. The van der Waals surface area contributed by atoms with E-state index in [9.17, 15) is 4.79 Å². The number of rotatable bonds is 2. The van der Waals surface area contributed by atoms with Crippen molar-refractivity contribution in [1.29, 1.82) is 0 Å². The van der Waals surface area contributed by atoms with Gasteiger partial charge in [0.2, 0.25) is 0 Å². The Balaban J connectivity index is 2.54. The lowest BCUT2D eigenvalue weighted by Crippen LogP contribution is -2.20. The van der Waals surface area contributed by atoms with Gasteiger partial charge >= 0.3 is 0 Å². The fourth-order valence-corrected chi connectivity index (χ4v) is 3.59. The highest BCUT2D eigenvalue weighted by molar-refractivity contribution is 6.01. The van der Waals surface area contributed by atoms with Crippen LogP contribution in [-0.2, 0) is 0 Å². The highest BCUT2D eigenvalue weighted by Crippen LogP contribution is 2.36. The quantitative estimate of drug-likeness (QED) is 0.693.